The van der Waals surface area contributed by atoms with E-state index >= 15 is 0 Å². The van der Waals surface area contributed by atoms with Gasteiger partial charge in [-0.05, 0) is 18.6 Å². The molecule has 5 nitrogen and oxygen atoms in total. The van der Waals surface area contributed by atoms with Crippen LogP contribution in [0, 0.1) is 0 Å². The number of pyridine rings is 1. The lowest BCUT2D eigenvalue weighted by molar-refractivity contribution is -0.145. The van der Waals surface area contributed by atoms with Gasteiger partial charge in [-0.25, -0.2) is 4.79 Å². The Balaban J connectivity index is 2.58. The molecule has 0 saturated carbocycles. The Hall–Kier alpha value is -1.56. The molecule has 0 aliphatic heterocycles. The molecule has 98 valence electrons. The van der Waals surface area contributed by atoms with Crippen molar-refractivity contribution in [1.82, 2.24) is 10.3 Å². The highest BCUT2D eigenvalue weighted by atomic mass is 32.1. The van der Waals surface area contributed by atoms with Crippen molar-refractivity contribution in [2.45, 2.75) is 19.4 Å². The first kappa shape index (κ1) is 14.5. The third kappa shape index (κ3) is 4.37. The number of carbonyl (C=O) groups is 2. The Morgan fingerprint density at radius 3 is 2.89 bits per heavy atom. The number of nitrogens with zero attached hydrogens (tertiary/aromatic N) is 1. The second-order valence-corrected chi connectivity index (χ2v) is 3.98. The molecule has 0 bridgehead atoms. The van der Waals surface area contributed by atoms with Crippen molar-refractivity contribution in [2.24, 2.45) is 0 Å². The van der Waals surface area contributed by atoms with Gasteiger partial charge >= 0.3 is 5.97 Å². The second kappa shape index (κ2) is 7.71. The van der Waals surface area contributed by atoms with Crippen LogP contribution >= 0.6 is 12.6 Å². The highest BCUT2D eigenvalue weighted by molar-refractivity contribution is 7.80. The van der Waals surface area contributed by atoms with Gasteiger partial charge in [0, 0.05) is 18.1 Å². The molecule has 1 N–H and O–H groups in total. The van der Waals surface area contributed by atoms with Gasteiger partial charge in [-0.15, -0.1) is 0 Å². The Kier molecular flexibility index (Phi) is 6.21. The molecule has 6 heteroatoms. The number of rotatable bonds is 6. The molecule has 0 saturated heterocycles. The van der Waals surface area contributed by atoms with Crippen molar-refractivity contribution in [3.05, 3.63) is 30.1 Å². The molecular formula is C12H16N2O3S. The monoisotopic (exact) mass is 268 g/mol. The SMILES string of the molecule is CCCOC(=O)[C@H](CS)NC(=O)c1cccnc1. The first-order valence-electron chi connectivity index (χ1n) is 5.67. The summed E-state index contributed by atoms with van der Waals surface area (Å²) in [6.45, 7) is 2.24. The molecule has 0 unspecified atom stereocenters. The fourth-order valence-electron chi connectivity index (χ4n) is 1.22. The minimum atomic E-state index is -0.743. The minimum absolute atomic E-state index is 0.189. The van der Waals surface area contributed by atoms with Crippen LogP contribution in [0.1, 0.15) is 23.7 Å². The molecule has 1 atom stereocenters. The van der Waals surface area contributed by atoms with E-state index in [-0.39, 0.29) is 11.7 Å². The van der Waals surface area contributed by atoms with Crippen LogP contribution in [0.15, 0.2) is 24.5 Å². The van der Waals surface area contributed by atoms with E-state index in [2.05, 4.69) is 22.9 Å². The lowest BCUT2D eigenvalue weighted by atomic mass is 10.2. The Morgan fingerprint density at radius 2 is 2.33 bits per heavy atom. The number of nitrogens with one attached hydrogen (secondary N) is 1. The predicted molar refractivity (Wildman–Crippen MR) is 70.6 cm³/mol. The largest absolute Gasteiger partial charge is 0.464 e. The summed E-state index contributed by atoms with van der Waals surface area (Å²) in [5.41, 5.74) is 0.396. The molecule has 18 heavy (non-hydrogen) atoms. The molecule has 0 spiro atoms. The van der Waals surface area contributed by atoms with E-state index in [9.17, 15) is 9.59 Å². The quantitative estimate of drug-likeness (QED) is 0.598. The zero-order valence-electron chi connectivity index (χ0n) is 10.1. The highest BCUT2D eigenvalue weighted by Crippen LogP contribution is 1.99. The number of carbonyl (C=O) groups excluding carboxylic acids is 2. The number of aromatic nitrogens is 1. The number of esters is 1. The van der Waals surface area contributed by atoms with Crippen molar-refractivity contribution >= 4 is 24.5 Å². The number of amides is 1. The lowest BCUT2D eigenvalue weighted by Gasteiger charge is -2.15. The summed E-state index contributed by atoms with van der Waals surface area (Å²) < 4.78 is 4.96. The molecule has 1 aromatic heterocycles. The van der Waals surface area contributed by atoms with Crippen LogP contribution in [0.5, 0.6) is 0 Å². The Labute approximate surface area is 111 Å². The Morgan fingerprint density at radius 1 is 1.56 bits per heavy atom. The molecule has 1 amide bonds. The van der Waals surface area contributed by atoms with Crippen LogP contribution in [-0.4, -0.2) is 35.3 Å². The van der Waals surface area contributed by atoms with E-state index in [0.29, 0.717) is 12.2 Å². The zero-order chi connectivity index (χ0) is 13.4. The van der Waals surface area contributed by atoms with Crippen LogP contribution in [-0.2, 0) is 9.53 Å². The van der Waals surface area contributed by atoms with Crippen LogP contribution in [0.2, 0.25) is 0 Å². The molecular weight excluding hydrogens is 252 g/mol. The molecule has 0 radical (unpaired) electrons. The van der Waals surface area contributed by atoms with E-state index in [1.54, 1.807) is 18.3 Å². The normalized spacial score (nSPS) is 11.7. The van der Waals surface area contributed by atoms with E-state index < -0.39 is 12.0 Å². The van der Waals surface area contributed by atoms with Gasteiger partial charge in [0.05, 0.1) is 12.2 Å². The number of ether oxygens (including phenoxy) is 1. The van der Waals surface area contributed by atoms with Gasteiger partial charge in [-0.2, -0.15) is 12.6 Å². The number of hydrogen-bond donors (Lipinski definition) is 2. The smallest absolute Gasteiger partial charge is 0.329 e. The second-order valence-electron chi connectivity index (χ2n) is 3.62. The predicted octanol–water partition coefficient (Wildman–Crippen LogP) is 1.06. The number of thiol groups is 1. The summed E-state index contributed by atoms with van der Waals surface area (Å²) in [7, 11) is 0. The summed E-state index contributed by atoms with van der Waals surface area (Å²) in [4.78, 5) is 27.2. The summed E-state index contributed by atoms with van der Waals surface area (Å²) in [5.74, 6) is -0.645. The third-order valence-electron chi connectivity index (χ3n) is 2.14. The fourth-order valence-corrected chi connectivity index (χ4v) is 1.46. The fraction of sp³-hybridized carbons (Fsp3) is 0.417. The zero-order valence-corrected chi connectivity index (χ0v) is 11.0. The molecule has 1 rings (SSSR count). The molecule has 0 aliphatic carbocycles. The highest BCUT2D eigenvalue weighted by Gasteiger charge is 2.21. The average molecular weight is 268 g/mol. The van der Waals surface area contributed by atoms with Crippen LogP contribution in [0.4, 0.5) is 0 Å². The van der Waals surface area contributed by atoms with Crippen LogP contribution < -0.4 is 5.32 Å². The van der Waals surface area contributed by atoms with Gasteiger partial charge in [0.15, 0.2) is 0 Å². The van der Waals surface area contributed by atoms with E-state index in [0.717, 1.165) is 6.42 Å². The Bertz CT molecular complexity index is 398. The van der Waals surface area contributed by atoms with Gasteiger partial charge in [-0.3, -0.25) is 9.78 Å². The topological polar surface area (TPSA) is 68.3 Å². The minimum Gasteiger partial charge on any atom is -0.464 e. The van der Waals surface area contributed by atoms with Crippen molar-refractivity contribution in [3.63, 3.8) is 0 Å². The first-order valence-corrected chi connectivity index (χ1v) is 6.30. The van der Waals surface area contributed by atoms with Crippen LogP contribution in [0.3, 0.4) is 0 Å². The van der Waals surface area contributed by atoms with Gasteiger partial charge < -0.3 is 10.1 Å². The maximum Gasteiger partial charge on any atom is 0.329 e. The average Bonchev–Trinajstić information content (AvgIpc) is 2.42. The van der Waals surface area contributed by atoms with Gasteiger partial charge in [-0.1, -0.05) is 6.92 Å². The van der Waals surface area contributed by atoms with E-state index in [1.807, 2.05) is 6.92 Å². The molecule has 0 aliphatic rings. The maximum absolute atomic E-state index is 11.8. The maximum atomic E-state index is 11.8. The van der Waals surface area contributed by atoms with E-state index in [1.165, 1.54) is 6.20 Å². The molecule has 1 aromatic rings. The molecule has 1 heterocycles. The summed E-state index contributed by atoms with van der Waals surface area (Å²) >= 11 is 4.03. The lowest BCUT2D eigenvalue weighted by Crippen LogP contribution is -2.43. The van der Waals surface area contributed by atoms with E-state index in [4.69, 9.17) is 4.74 Å². The third-order valence-corrected chi connectivity index (χ3v) is 2.51. The molecule has 0 aromatic carbocycles. The molecule has 0 fully saturated rings. The standard InChI is InChI=1S/C12H16N2O3S/c1-2-6-17-12(16)10(8-18)14-11(15)9-4-3-5-13-7-9/h3-5,7,10,18H,2,6,8H2,1H3,(H,14,15)/t10-/m0/s1. The first-order chi connectivity index (χ1) is 8.69. The summed E-state index contributed by atoms with van der Waals surface area (Å²) in [6, 6.07) is 2.53. The van der Waals surface area contributed by atoms with Crippen LogP contribution in [0.25, 0.3) is 0 Å². The summed E-state index contributed by atoms with van der Waals surface area (Å²) in [6.07, 6.45) is 3.74. The van der Waals surface area contributed by atoms with Gasteiger partial charge in [0.1, 0.15) is 6.04 Å². The summed E-state index contributed by atoms with van der Waals surface area (Å²) in [5, 5.41) is 2.56. The van der Waals surface area contributed by atoms with Crippen molar-refractivity contribution in [3.8, 4) is 0 Å². The number of hydrogen-bond acceptors (Lipinski definition) is 5. The van der Waals surface area contributed by atoms with Crippen molar-refractivity contribution < 1.29 is 14.3 Å². The van der Waals surface area contributed by atoms with Gasteiger partial charge in [0.2, 0.25) is 0 Å². The van der Waals surface area contributed by atoms with Gasteiger partial charge in [0.25, 0.3) is 5.91 Å². The van der Waals surface area contributed by atoms with Crippen molar-refractivity contribution in [1.29, 1.82) is 0 Å². The van der Waals surface area contributed by atoms with Crippen molar-refractivity contribution in [2.75, 3.05) is 12.4 Å².